The van der Waals surface area contributed by atoms with Gasteiger partial charge < -0.3 is 9.88 Å². The van der Waals surface area contributed by atoms with Crippen LogP contribution in [0.3, 0.4) is 0 Å². The van der Waals surface area contributed by atoms with E-state index in [1.54, 1.807) is 0 Å². The molecule has 0 radical (unpaired) electrons. The Morgan fingerprint density at radius 3 is 2.76 bits per heavy atom. The van der Waals surface area contributed by atoms with Crippen molar-refractivity contribution in [2.24, 2.45) is 12.5 Å². The van der Waals surface area contributed by atoms with Crippen LogP contribution in [0.5, 0.6) is 0 Å². The Morgan fingerprint density at radius 2 is 2.12 bits per heavy atom. The summed E-state index contributed by atoms with van der Waals surface area (Å²) in [4.78, 5) is 13.3. The van der Waals surface area contributed by atoms with Gasteiger partial charge in [0.15, 0.2) is 0 Å². The van der Waals surface area contributed by atoms with Gasteiger partial charge in [0.25, 0.3) is 0 Å². The Bertz CT molecular complexity index is 713. The van der Waals surface area contributed by atoms with E-state index in [-0.39, 0.29) is 0 Å². The van der Waals surface area contributed by atoms with E-state index in [2.05, 4.69) is 46.9 Å². The summed E-state index contributed by atoms with van der Waals surface area (Å²) in [5.41, 5.74) is 0.536. The molecule has 2 fully saturated rings. The standard InChI is InChI=1S/C19H29N5S/c1-14(2)15-11-22-18(25-15)13-24(12-17-21-8-9-23(17)3)16-10-19(16)4-6-20-7-5-19/h8-9,11,14,16,20H,4-7,10,12-13H2,1-3H3. The maximum Gasteiger partial charge on any atom is 0.122 e. The zero-order valence-corrected chi connectivity index (χ0v) is 16.4. The van der Waals surface area contributed by atoms with E-state index in [9.17, 15) is 0 Å². The topological polar surface area (TPSA) is 46.0 Å². The largest absolute Gasteiger partial charge is 0.337 e. The second kappa shape index (κ2) is 6.82. The molecule has 0 aromatic carbocycles. The Labute approximate surface area is 154 Å². The van der Waals surface area contributed by atoms with Gasteiger partial charge in [-0.15, -0.1) is 11.3 Å². The Balaban J connectivity index is 1.52. The van der Waals surface area contributed by atoms with E-state index in [4.69, 9.17) is 4.98 Å². The van der Waals surface area contributed by atoms with Gasteiger partial charge in [0.05, 0.1) is 13.1 Å². The van der Waals surface area contributed by atoms with Crippen molar-refractivity contribution in [1.29, 1.82) is 0 Å². The molecule has 5 nitrogen and oxygen atoms in total. The molecule has 1 saturated carbocycles. The molecule has 4 rings (SSSR count). The van der Waals surface area contributed by atoms with Crippen LogP contribution in [0.15, 0.2) is 18.6 Å². The predicted octanol–water partition coefficient (Wildman–Crippen LogP) is 3.14. The maximum atomic E-state index is 4.71. The van der Waals surface area contributed by atoms with Crippen molar-refractivity contribution in [2.75, 3.05) is 13.1 Å². The molecule has 0 amide bonds. The molecule has 2 aromatic rings. The van der Waals surface area contributed by atoms with E-state index in [1.165, 1.54) is 42.2 Å². The molecular formula is C19H29N5S. The third-order valence-electron chi connectivity index (χ3n) is 5.93. The molecule has 2 aromatic heterocycles. The van der Waals surface area contributed by atoms with Gasteiger partial charge in [0.2, 0.25) is 0 Å². The van der Waals surface area contributed by atoms with Crippen molar-refractivity contribution in [1.82, 2.24) is 24.8 Å². The summed E-state index contributed by atoms with van der Waals surface area (Å²) >= 11 is 1.87. The average molecular weight is 360 g/mol. The first-order valence-electron chi connectivity index (χ1n) is 9.43. The minimum atomic E-state index is 0.536. The fourth-order valence-corrected chi connectivity index (χ4v) is 5.10. The van der Waals surface area contributed by atoms with Crippen LogP contribution in [0.1, 0.15) is 54.7 Å². The zero-order valence-electron chi connectivity index (χ0n) is 15.5. The van der Waals surface area contributed by atoms with Crippen LogP contribution in [0.2, 0.25) is 0 Å². The van der Waals surface area contributed by atoms with Crippen molar-refractivity contribution < 1.29 is 0 Å². The van der Waals surface area contributed by atoms with E-state index < -0.39 is 0 Å². The molecule has 1 N–H and O–H groups in total. The number of aromatic nitrogens is 3. The smallest absolute Gasteiger partial charge is 0.122 e. The van der Waals surface area contributed by atoms with E-state index in [0.717, 1.165) is 18.9 Å². The Hall–Kier alpha value is -1.24. The highest BCUT2D eigenvalue weighted by atomic mass is 32.1. The minimum absolute atomic E-state index is 0.536. The highest BCUT2D eigenvalue weighted by molar-refractivity contribution is 7.11. The van der Waals surface area contributed by atoms with Gasteiger partial charge in [0.1, 0.15) is 10.8 Å². The van der Waals surface area contributed by atoms with Crippen LogP contribution in [-0.2, 0) is 20.1 Å². The van der Waals surface area contributed by atoms with Gasteiger partial charge >= 0.3 is 0 Å². The molecule has 1 saturated heterocycles. The van der Waals surface area contributed by atoms with Gasteiger partial charge in [0, 0.05) is 36.6 Å². The lowest BCUT2D eigenvalue weighted by atomic mass is 9.93. The van der Waals surface area contributed by atoms with E-state index in [0.29, 0.717) is 17.4 Å². The van der Waals surface area contributed by atoms with Gasteiger partial charge in [-0.3, -0.25) is 4.90 Å². The second-order valence-electron chi connectivity index (χ2n) is 8.00. The van der Waals surface area contributed by atoms with Crippen LogP contribution in [-0.4, -0.2) is 38.6 Å². The molecule has 2 aliphatic rings. The summed E-state index contributed by atoms with van der Waals surface area (Å²) < 4.78 is 2.14. The molecular weight excluding hydrogens is 330 g/mol. The molecule has 1 aliphatic heterocycles. The lowest BCUT2D eigenvalue weighted by Crippen LogP contribution is -2.36. The van der Waals surface area contributed by atoms with Crippen molar-refractivity contribution >= 4 is 11.3 Å². The van der Waals surface area contributed by atoms with E-state index in [1.807, 2.05) is 23.7 Å². The molecule has 3 heterocycles. The summed E-state index contributed by atoms with van der Waals surface area (Å²) in [7, 11) is 2.09. The van der Waals surface area contributed by atoms with Gasteiger partial charge in [-0.25, -0.2) is 9.97 Å². The fraction of sp³-hybridized carbons (Fsp3) is 0.684. The SMILES string of the molecule is CC(C)c1cnc(CN(Cc2nccn2C)C2CC23CCNCC3)s1. The average Bonchev–Trinajstić information content (AvgIpc) is 2.95. The zero-order chi connectivity index (χ0) is 17.4. The van der Waals surface area contributed by atoms with Crippen molar-refractivity contribution in [3.8, 4) is 0 Å². The van der Waals surface area contributed by atoms with E-state index >= 15 is 0 Å². The van der Waals surface area contributed by atoms with Gasteiger partial charge in [-0.2, -0.15) is 0 Å². The van der Waals surface area contributed by atoms with Crippen LogP contribution in [0.4, 0.5) is 0 Å². The summed E-state index contributed by atoms with van der Waals surface area (Å²) in [5, 5.41) is 4.76. The van der Waals surface area contributed by atoms with Gasteiger partial charge in [-0.05, 0) is 43.7 Å². The summed E-state index contributed by atoms with van der Waals surface area (Å²) in [6.45, 7) is 8.69. The molecule has 1 unspecified atom stereocenters. The summed E-state index contributed by atoms with van der Waals surface area (Å²) in [5.74, 6) is 1.71. The molecule has 0 bridgehead atoms. The number of nitrogens with zero attached hydrogens (tertiary/aromatic N) is 4. The number of imidazole rings is 1. The number of aryl methyl sites for hydroxylation is 1. The van der Waals surface area contributed by atoms with Crippen molar-refractivity contribution in [2.45, 2.75) is 58.2 Å². The first kappa shape index (κ1) is 17.2. The number of thiazole rings is 1. The number of hydrogen-bond donors (Lipinski definition) is 1. The first-order chi connectivity index (χ1) is 12.1. The summed E-state index contributed by atoms with van der Waals surface area (Å²) in [6, 6.07) is 0.678. The fourth-order valence-electron chi connectivity index (χ4n) is 4.15. The normalized spacial score (nSPS) is 22.2. The third-order valence-corrected chi connectivity index (χ3v) is 7.21. The molecule has 1 atom stereocenters. The predicted molar refractivity (Wildman–Crippen MR) is 102 cm³/mol. The maximum absolute atomic E-state index is 4.71. The molecule has 6 heteroatoms. The quantitative estimate of drug-likeness (QED) is 0.861. The third kappa shape index (κ3) is 3.52. The summed E-state index contributed by atoms with van der Waals surface area (Å²) in [6.07, 6.45) is 9.97. The van der Waals surface area contributed by atoms with Gasteiger partial charge in [-0.1, -0.05) is 13.8 Å². The van der Waals surface area contributed by atoms with Crippen LogP contribution >= 0.6 is 11.3 Å². The number of rotatable bonds is 6. The van der Waals surface area contributed by atoms with Crippen LogP contribution in [0.25, 0.3) is 0 Å². The minimum Gasteiger partial charge on any atom is -0.337 e. The molecule has 136 valence electrons. The molecule has 1 aliphatic carbocycles. The number of hydrogen-bond acceptors (Lipinski definition) is 5. The second-order valence-corrected chi connectivity index (χ2v) is 9.15. The lowest BCUT2D eigenvalue weighted by molar-refractivity contribution is 0.182. The Kier molecular flexibility index (Phi) is 4.69. The van der Waals surface area contributed by atoms with Crippen molar-refractivity contribution in [3.63, 3.8) is 0 Å². The number of nitrogens with one attached hydrogen (secondary N) is 1. The monoisotopic (exact) mass is 359 g/mol. The molecule has 1 spiro atoms. The van der Waals surface area contributed by atoms with Crippen LogP contribution in [0, 0.1) is 5.41 Å². The first-order valence-corrected chi connectivity index (χ1v) is 10.2. The number of piperidine rings is 1. The van der Waals surface area contributed by atoms with Crippen molar-refractivity contribution in [3.05, 3.63) is 34.3 Å². The lowest BCUT2D eigenvalue weighted by Gasteiger charge is -2.29. The Morgan fingerprint density at radius 1 is 1.32 bits per heavy atom. The molecule has 25 heavy (non-hydrogen) atoms. The highest BCUT2D eigenvalue weighted by Gasteiger charge is 2.56. The highest BCUT2D eigenvalue weighted by Crippen LogP contribution is 2.56. The van der Waals surface area contributed by atoms with Crippen LogP contribution < -0.4 is 5.32 Å².